The standard InChI is InChI=1S/C17H24N2OS/c20-16(12-15-13-21-11-10-18-15)19-17(8-4-5-9-17)14-6-2-1-3-7-14/h1-3,6-7,15,18H,4-5,8-13H2,(H,19,20). The summed E-state index contributed by atoms with van der Waals surface area (Å²) in [6.07, 6.45) is 5.13. The number of hydrogen-bond donors (Lipinski definition) is 2. The normalized spacial score (nSPS) is 24.7. The smallest absolute Gasteiger partial charge is 0.222 e. The van der Waals surface area contributed by atoms with E-state index in [0.29, 0.717) is 12.5 Å². The molecule has 2 fully saturated rings. The maximum Gasteiger partial charge on any atom is 0.222 e. The van der Waals surface area contributed by atoms with Gasteiger partial charge in [-0.1, -0.05) is 43.2 Å². The van der Waals surface area contributed by atoms with Gasteiger partial charge in [0.05, 0.1) is 5.54 Å². The fourth-order valence-corrected chi connectivity index (χ4v) is 4.46. The maximum absolute atomic E-state index is 12.5. The van der Waals surface area contributed by atoms with Crippen LogP contribution in [0.5, 0.6) is 0 Å². The second-order valence-corrected chi connectivity index (χ2v) is 7.28. The Labute approximate surface area is 131 Å². The molecule has 1 saturated carbocycles. The molecule has 0 aromatic heterocycles. The third-order valence-electron chi connectivity index (χ3n) is 4.59. The van der Waals surface area contributed by atoms with Crippen LogP contribution in [0.2, 0.25) is 0 Å². The number of rotatable bonds is 4. The van der Waals surface area contributed by atoms with E-state index in [1.165, 1.54) is 18.4 Å². The van der Waals surface area contributed by atoms with Crippen LogP contribution < -0.4 is 10.6 Å². The number of nitrogens with one attached hydrogen (secondary N) is 2. The van der Waals surface area contributed by atoms with Crippen LogP contribution >= 0.6 is 11.8 Å². The Morgan fingerprint density at radius 1 is 1.29 bits per heavy atom. The van der Waals surface area contributed by atoms with Gasteiger partial charge < -0.3 is 10.6 Å². The molecule has 0 bridgehead atoms. The van der Waals surface area contributed by atoms with Crippen LogP contribution in [-0.4, -0.2) is 30.0 Å². The highest BCUT2D eigenvalue weighted by molar-refractivity contribution is 7.99. The summed E-state index contributed by atoms with van der Waals surface area (Å²) in [7, 11) is 0. The molecular weight excluding hydrogens is 280 g/mol. The zero-order chi connectivity index (χ0) is 14.5. The zero-order valence-electron chi connectivity index (χ0n) is 12.4. The number of amides is 1. The highest BCUT2D eigenvalue weighted by Gasteiger charge is 2.37. The average molecular weight is 304 g/mol. The number of benzene rings is 1. The van der Waals surface area contributed by atoms with Crippen LogP contribution in [0.3, 0.4) is 0 Å². The van der Waals surface area contributed by atoms with Gasteiger partial charge in [-0.2, -0.15) is 11.8 Å². The van der Waals surface area contributed by atoms with Gasteiger partial charge in [-0.05, 0) is 18.4 Å². The lowest BCUT2D eigenvalue weighted by atomic mass is 9.88. The van der Waals surface area contributed by atoms with Crippen molar-refractivity contribution in [2.45, 2.75) is 43.7 Å². The average Bonchev–Trinajstić information content (AvgIpc) is 2.99. The van der Waals surface area contributed by atoms with E-state index in [2.05, 4.69) is 34.9 Å². The Morgan fingerprint density at radius 3 is 2.71 bits per heavy atom. The van der Waals surface area contributed by atoms with Gasteiger partial charge >= 0.3 is 0 Å². The van der Waals surface area contributed by atoms with Crippen molar-refractivity contribution in [1.82, 2.24) is 10.6 Å². The Balaban J connectivity index is 1.66. The fourth-order valence-electron chi connectivity index (χ4n) is 3.51. The van der Waals surface area contributed by atoms with Crippen molar-refractivity contribution in [2.75, 3.05) is 18.1 Å². The van der Waals surface area contributed by atoms with Crippen LogP contribution in [0.25, 0.3) is 0 Å². The molecule has 1 aromatic carbocycles. The molecular formula is C17H24N2OS. The number of thioether (sulfide) groups is 1. The van der Waals surface area contributed by atoms with Gasteiger partial charge in [0.15, 0.2) is 0 Å². The molecule has 2 aliphatic rings. The topological polar surface area (TPSA) is 41.1 Å². The molecule has 1 amide bonds. The summed E-state index contributed by atoms with van der Waals surface area (Å²) in [6.45, 7) is 1.02. The Kier molecular flexibility index (Phi) is 4.86. The SMILES string of the molecule is O=C(CC1CSCCN1)NC1(c2ccccc2)CCCC1. The van der Waals surface area contributed by atoms with E-state index < -0.39 is 0 Å². The van der Waals surface area contributed by atoms with Gasteiger partial charge in [0.1, 0.15) is 0 Å². The highest BCUT2D eigenvalue weighted by atomic mass is 32.2. The van der Waals surface area contributed by atoms with Crippen LogP contribution in [0, 0.1) is 0 Å². The van der Waals surface area contributed by atoms with E-state index >= 15 is 0 Å². The zero-order valence-corrected chi connectivity index (χ0v) is 13.3. The lowest BCUT2D eigenvalue weighted by Gasteiger charge is -2.32. The largest absolute Gasteiger partial charge is 0.347 e. The number of hydrogen-bond acceptors (Lipinski definition) is 3. The van der Waals surface area contributed by atoms with Crippen molar-refractivity contribution in [3.63, 3.8) is 0 Å². The summed E-state index contributed by atoms with van der Waals surface area (Å²) in [6, 6.07) is 10.8. The number of carbonyl (C=O) groups excluding carboxylic acids is 1. The third kappa shape index (κ3) is 3.61. The summed E-state index contributed by atoms with van der Waals surface area (Å²) < 4.78 is 0. The summed E-state index contributed by atoms with van der Waals surface area (Å²) in [4.78, 5) is 12.5. The minimum atomic E-state index is -0.125. The molecule has 1 atom stereocenters. The first-order chi connectivity index (χ1) is 10.3. The van der Waals surface area contributed by atoms with E-state index in [0.717, 1.165) is 30.9 Å². The molecule has 4 heteroatoms. The van der Waals surface area contributed by atoms with Gasteiger partial charge in [0, 0.05) is 30.5 Å². The second-order valence-electron chi connectivity index (χ2n) is 6.13. The van der Waals surface area contributed by atoms with E-state index in [1.807, 2.05) is 17.8 Å². The molecule has 1 saturated heterocycles. The Morgan fingerprint density at radius 2 is 2.05 bits per heavy atom. The lowest BCUT2D eigenvalue weighted by Crippen LogP contribution is -2.47. The molecule has 2 N–H and O–H groups in total. The Bertz CT molecular complexity index is 465. The summed E-state index contributed by atoms with van der Waals surface area (Å²) >= 11 is 1.94. The maximum atomic E-state index is 12.5. The molecule has 1 heterocycles. The molecule has 3 nitrogen and oxygen atoms in total. The minimum Gasteiger partial charge on any atom is -0.347 e. The highest BCUT2D eigenvalue weighted by Crippen LogP contribution is 2.38. The van der Waals surface area contributed by atoms with E-state index in [1.54, 1.807) is 0 Å². The molecule has 0 spiro atoms. The van der Waals surface area contributed by atoms with Crippen LogP contribution in [0.1, 0.15) is 37.7 Å². The predicted octanol–water partition coefficient (Wildman–Crippen LogP) is 2.67. The van der Waals surface area contributed by atoms with Gasteiger partial charge in [-0.25, -0.2) is 0 Å². The van der Waals surface area contributed by atoms with Crippen LogP contribution in [0.4, 0.5) is 0 Å². The van der Waals surface area contributed by atoms with Crippen molar-refractivity contribution in [2.24, 2.45) is 0 Å². The fraction of sp³-hybridized carbons (Fsp3) is 0.588. The summed E-state index contributed by atoms with van der Waals surface area (Å²) in [5.74, 6) is 2.40. The van der Waals surface area contributed by atoms with Crippen molar-refractivity contribution in [3.05, 3.63) is 35.9 Å². The van der Waals surface area contributed by atoms with Crippen molar-refractivity contribution >= 4 is 17.7 Å². The van der Waals surface area contributed by atoms with Gasteiger partial charge in [0.25, 0.3) is 0 Å². The molecule has 3 rings (SSSR count). The van der Waals surface area contributed by atoms with Crippen LogP contribution in [-0.2, 0) is 10.3 Å². The van der Waals surface area contributed by atoms with Crippen molar-refractivity contribution in [3.8, 4) is 0 Å². The molecule has 1 aliphatic carbocycles. The van der Waals surface area contributed by atoms with Crippen molar-refractivity contribution in [1.29, 1.82) is 0 Å². The van der Waals surface area contributed by atoms with Crippen molar-refractivity contribution < 1.29 is 4.79 Å². The third-order valence-corrected chi connectivity index (χ3v) is 5.72. The van der Waals surface area contributed by atoms with E-state index in [9.17, 15) is 4.79 Å². The molecule has 0 radical (unpaired) electrons. The first-order valence-corrected chi connectivity index (χ1v) is 9.12. The van der Waals surface area contributed by atoms with Gasteiger partial charge in [-0.3, -0.25) is 4.79 Å². The second kappa shape index (κ2) is 6.84. The van der Waals surface area contributed by atoms with Crippen LogP contribution in [0.15, 0.2) is 30.3 Å². The molecule has 1 unspecified atom stereocenters. The monoisotopic (exact) mass is 304 g/mol. The lowest BCUT2D eigenvalue weighted by molar-refractivity contribution is -0.123. The summed E-state index contributed by atoms with van der Waals surface area (Å²) in [5, 5.41) is 6.81. The minimum absolute atomic E-state index is 0.125. The molecule has 1 aliphatic heterocycles. The first-order valence-electron chi connectivity index (χ1n) is 7.96. The van der Waals surface area contributed by atoms with E-state index in [4.69, 9.17) is 0 Å². The quantitative estimate of drug-likeness (QED) is 0.898. The molecule has 1 aromatic rings. The van der Waals surface area contributed by atoms with Gasteiger partial charge in [-0.15, -0.1) is 0 Å². The molecule has 114 valence electrons. The first kappa shape index (κ1) is 14.9. The Hall–Kier alpha value is -1.00. The summed E-state index contributed by atoms with van der Waals surface area (Å²) in [5.41, 5.74) is 1.14. The van der Waals surface area contributed by atoms with Gasteiger partial charge in [0.2, 0.25) is 5.91 Å². The molecule has 21 heavy (non-hydrogen) atoms. The van der Waals surface area contributed by atoms with E-state index in [-0.39, 0.29) is 11.4 Å². The predicted molar refractivity (Wildman–Crippen MR) is 88.5 cm³/mol. The number of carbonyl (C=O) groups is 1.